The first-order valence-electron chi connectivity index (χ1n) is 13.4. The molecule has 5 heterocycles. The molecule has 0 fully saturated rings. The molecule has 234 valence electrons. The Hall–Kier alpha value is -2.74. The average Bonchev–Trinajstić information content (AvgIpc) is 3.88. The van der Waals surface area contributed by atoms with Crippen LogP contribution in [0.15, 0.2) is 116 Å². The van der Waals surface area contributed by atoms with Crippen LogP contribution >= 0.6 is 0 Å². The van der Waals surface area contributed by atoms with Crippen molar-refractivity contribution in [2.45, 2.75) is 55.4 Å². The Bertz CT molecular complexity index is 851. The first-order valence-corrected chi connectivity index (χ1v) is 13.4. The Labute approximate surface area is 268 Å². The molecule has 0 amide bonds. The minimum absolute atomic E-state index is 0. The van der Waals surface area contributed by atoms with E-state index in [0.29, 0.717) is 0 Å². The Morgan fingerprint density at radius 1 is 0.293 bits per heavy atom. The molecular formula is C36H52N4Pd-8. The fraction of sp³-hybridized carbons (Fsp3) is 0.222. The monoisotopic (exact) mass is 646 g/mol. The van der Waals surface area contributed by atoms with Gasteiger partial charge in [-0.25, -0.2) is 20.0 Å². The van der Waals surface area contributed by atoms with E-state index in [0.717, 1.165) is 45.6 Å². The van der Waals surface area contributed by atoms with Crippen LogP contribution in [0.1, 0.15) is 55.4 Å². The zero-order valence-electron chi connectivity index (χ0n) is 26.7. The number of hydrogen-bond donors (Lipinski definition) is 0. The third-order valence-corrected chi connectivity index (χ3v) is 3.92. The van der Waals surface area contributed by atoms with E-state index in [1.165, 1.54) is 0 Å². The van der Waals surface area contributed by atoms with Crippen molar-refractivity contribution in [2.75, 3.05) is 0 Å². The molecule has 0 aliphatic carbocycles. The van der Waals surface area contributed by atoms with E-state index in [1.54, 1.807) is 55.4 Å². The topological polar surface area (TPSA) is 49.4 Å². The van der Waals surface area contributed by atoms with Crippen molar-refractivity contribution in [2.24, 2.45) is 20.0 Å². The van der Waals surface area contributed by atoms with Gasteiger partial charge >= 0.3 is 0 Å². The maximum atomic E-state index is 4.59. The molecule has 0 spiro atoms. The summed E-state index contributed by atoms with van der Waals surface area (Å²) in [6, 6.07) is 0. The Morgan fingerprint density at radius 3 is 0.585 bits per heavy atom. The fourth-order valence-electron chi connectivity index (χ4n) is 2.83. The van der Waals surface area contributed by atoms with E-state index in [1.807, 2.05) is 72.9 Å². The Morgan fingerprint density at radius 2 is 0.439 bits per heavy atom. The molecule has 0 saturated heterocycles. The zero-order chi connectivity index (χ0) is 31.9. The van der Waals surface area contributed by atoms with Gasteiger partial charge in [-0.3, -0.25) is 0 Å². The summed E-state index contributed by atoms with van der Waals surface area (Å²) in [6.45, 7) is 40.0. The van der Waals surface area contributed by atoms with Crippen molar-refractivity contribution < 1.29 is 20.4 Å². The van der Waals surface area contributed by atoms with Gasteiger partial charge in [0, 0.05) is 20.4 Å². The van der Waals surface area contributed by atoms with Gasteiger partial charge in [0.25, 0.3) is 0 Å². The molecule has 0 atom stereocenters. The predicted molar refractivity (Wildman–Crippen MR) is 187 cm³/mol. The minimum atomic E-state index is 0. The molecule has 0 aromatic carbocycles. The number of fused-ring (bicyclic) bond motifs is 4. The molecule has 41 heavy (non-hydrogen) atoms. The van der Waals surface area contributed by atoms with E-state index in [-0.39, 0.29) is 20.4 Å². The van der Waals surface area contributed by atoms with Gasteiger partial charge in [-0.2, -0.15) is 55.4 Å². The number of hydrogen-bond acceptors (Lipinski definition) is 4. The standard InChI is InChI=1S/C20H12N4.8C2H5.Pd/c1-2-14-10-16-5-6-18(23-16)12-20-8-7-19(24-20)11-17-4-3-15(22-17)9-13(1)21-14;8*1-2;/h1-12H;8*1H2,2H3;/q;8*-1;. The van der Waals surface area contributed by atoms with Crippen molar-refractivity contribution in [3.63, 3.8) is 0 Å². The number of aliphatic imine (C=N–C) groups is 4. The van der Waals surface area contributed by atoms with Gasteiger partial charge in [0.2, 0.25) is 0 Å². The van der Waals surface area contributed by atoms with Crippen LogP contribution in [0, 0.1) is 55.4 Å². The van der Waals surface area contributed by atoms with Crippen LogP contribution in [0.5, 0.6) is 0 Å². The van der Waals surface area contributed by atoms with Crippen LogP contribution in [0.4, 0.5) is 0 Å². The molecule has 8 bridgehead atoms. The number of rotatable bonds is 0. The summed E-state index contributed by atoms with van der Waals surface area (Å²) in [5.41, 5.74) is 7.15. The van der Waals surface area contributed by atoms with Crippen LogP contribution in [0.25, 0.3) is 0 Å². The second-order valence-corrected chi connectivity index (χ2v) is 5.76. The summed E-state index contributed by atoms with van der Waals surface area (Å²) < 4.78 is 0. The van der Waals surface area contributed by atoms with Gasteiger partial charge < -0.3 is 55.4 Å². The van der Waals surface area contributed by atoms with Crippen molar-refractivity contribution in [1.29, 1.82) is 0 Å². The van der Waals surface area contributed by atoms with Crippen LogP contribution in [-0.4, -0.2) is 22.8 Å². The van der Waals surface area contributed by atoms with Crippen LogP contribution in [-0.2, 0) is 20.4 Å². The third kappa shape index (κ3) is 19.1. The first-order chi connectivity index (χ1) is 19.8. The van der Waals surface area contributed by atoms with E-state index in [2.05, 4.69) is 75.4 Å². The summed E-state index contributed by atoms with van der Waals surface area (Å²) >= 11 is 0. The SMILES string of the molecule is C1=CC2=NC1=CC1=NC(=CC3=NC(=CC4=NC(=C2)C=C4)C=C3)C=C1.[CH2-]C.[CH2-]C.[CH2-]C.[CH2-]C.[CH2-]C.[CH2-]C.[CH2-]C.[CH2-]C.[Pd]. The largest absolute Gasteiger partial charge is 0.346 e. The van der Waals surface area contributed by atoms with Crippen molar-refractivity contribution in [3.05, 3.63) is 151 Å². The number of allylic oxidation sites excluding steroid dienone is 12. The molecule has 4 nitrogen and oxygen atoms in total. The van der Waals surface area contributed by atoms with Crippen molar-refractivity contribution in [3.8, 4) is 0 Å². The molecule has 5 aliphatic rings. The normalized spacial score (nSPS) is 14.4. The van der Waals surface area contributed by atoms with Crippen LogP contribution in [0.3, 0.4) is 0 Å². The van der Waals surface area contributed by atoms with Gasteiger partial charge in [-0.05, 0) is 72.9 Å². The summed E-state index contributed by atoms with van der Waals surface area (Å²) in [5, 5.41) is 0. The summed E-state index contributed by atoms with van der Waals surface area (Å²) in [4.78, 5) is 18.4. The molecule has 0 radical (unpaired) electrons. The quantitative estimate of drug-likeness (QED) is 0.186. The summed E-state index contributed by atoms with van der Waals surface area (Å²) in [7, 11) is 0. The van der Waals surface area contributed by atoms with Crippen LogP contribution < -0.4 is 0 Å². The third-order valence-electron chi connectivity index (χ3n) is 3.92. The van der Waals surface area contributed by atoms with Crippen molar-refractivity contribution >= 4 is 22.8 Å². The van der Waals surface area contributed by atoms with E-state index >= 15 is 0 Å². The van der Waals surface area contributed by atoms with Gasteiger partial charge in [-0.15, -0.1) is 0 Å². The van der Waals surface area contributed by atoms with Gasteiger partial charge in [0.15, 0.2) is 0 Å². The van der Waals surface area contributed by atoms with Crippen molar-refractivity contribution in [1.82, 2.24) is 0 Å². The molecule has 5 rings (SSSR count). The molecular weight excluding hydrogens is 595 g/mol. The Balaban J connectivity index is -0.000000222. The molecule has 0 unspecified atom stereocenters. The zero-order valence-corrected chi connectivity index (χ0v) is 28.2. The van der Waals surface area contributed by atoms with Gasteiger partial charge in [-0.1, -0.05) is 0 Å². The Kier molecular flexibility index (Phi) is 41.3. The molecule has 0 aromatic rings. The van der Waals surface area contributed by atoms with E-state index < -0.39 is 0 Å². The van der Waals surface area contributed by atoms with Crippen LogP contribution in [0.2, 0.25) is 0 Å². The van der Waals surface area contributed by atoms with Gasteiger partial charge in [0.1, 0.15) is 0 Å². The summed E-state index contributed by atoms with van der Waals surface area (Å²) in [5.74, 6) is 0. The molecule has 0 N–H and O–H groups in total. The maximum absolute atomic E-state index is 4.59. The first kappa shape index (κ1) is 48.0. The fourth-order valence-corrected chi connectivity index (χ4v) is 2.83. The molecule has 5 aliphatic heterocycles. The van der Waals surface area contributed by atoms with E-state index in [4.69, 9.17) is 0 Å². The number of nitrogens with zero attached hydrogens (tertiary/aromatic N) is 4. The second-order valence-electron chi connectivity index (χ2n) is 5.76. The van der Waals surface area contributed by atoms with E-state index in [9.17, 15) is 0 Å². The van der Waals surface area contributed by atoms with Gasteiger partial charge in [0.05, 0.1) is 45.6 Å². The average molecular weight is 647 g/mol. The predicted octanol–water partition coefficient (Wildman–Crippen LogP) is 10.3. The maximum Gasteiger partial charge on any atom is 0.0659 e. The summed E-state index contributed by atoms with van der Waals surface area (Å²) in [6.07, 6.45) is 23.8. The second kappa shape index (κ2) is 35.3. The molecule has 0 saturated carbocycles. The minimum Gasteiger partial charge on any atom is -0.346 e. The molecule has 5 heteroatoms. The smallest absolute Gasteiger partial charge is 0.0659 e. The molecule has 0 aromatic heterocycles.